The molecule has 0 bridgehead atoms. The first-order valence-electron chi connectivity index (χ1n) is 6.73. The molecule has 0 fully saturated rings. The zero-order chi connectivity index (χ0) is 14.7. The molecule has 0 unspecified atom stereocenters. The van der Waals surface area contributed by atoms with Crippen LogP contribution in [-0.2, 0) is 6.54 Å². The third-order valence-electron chi connectivity index (χ3n) is 3.28. The van der Waals surface area contributed by atoms with Crippen LogP contribution in [0.25, 0.3) is 10.9 Å². The van der Waals surface area contributed by atoms with Crippen LogP contribution < -0.4 is 10.2 Å². The second-order valence-electron chi connectivity index (χ2n) is 4.72. The van der Waals surface area contributed by atoms with Crippen molar-refractivity contribution in [3.63, 3.8) is 0 Å². The van der Waals surface area contributed by atoms with E-state index in [-0.39, 0.29) is 0 Å². The average molecular weight is 282 g/mol. The van der Waals surface area contributed by atoms with Crippen molar-refractivity contribution in [3.8, 4) is 5.75 Å². The van der Waals surface area contributed by atoms with Gasteiger partial charge in [0, 0.05) is 5.39 Å². The predicted octanol–water partition coefficient (Wildman–Crippen LogP) is 0.795. The van der Waals surface area contributed by atoms with Crippen molar-refractivity contribution in [2.75, 3.05) is 6.61 Å². The lowest BCUT2D eigenvalue weighted by molar-refractivity contribution is 0.294. The normalized spacial score (nSPS) is 10.8. The molecule has 0 radical (unpaired) electrons. The Morgan fingerprint density at radius 3 is 2.81 bits per heavy atom. The minimum absolute atomic E-state index is 0.414. The van der Waals surface area contributed by atoms with Gasteiger partial charge in [-0.2, -0.15) is 5.10 Å². The van der Waals surface area contributed by atoms with Crippen molar-refractivity contribution in [2.24, 2.45) is 0 Å². The second kappa shape index (κ2) is 5.99. The maximum absolute atomic E-state index is 9.13. The van der Waals surface area contributed by atoms with Gasteiger partial charge in [-0.25, -0.2) is 0 Å². The van der Waals surface area contributed by atoms with Gasteiger partial charge in [-0.15, -0.1) is 0 Å². The van der Waals surface area contributed by atoms with E-state index in [1.54, 1.807) is 24.3 Å². The van der Waals surface area contributed by atoms with Crippen LogP contribution in [0.15, 0.2) is 54.7 Å². The summed E-state index contributed by atoms with van der Waals surface area (Å²) in [4.78, 5) is 0. The first-order chi connectivity index (χ1) is 10.2. The Hall–Kier alpha value is -2.31. The van der Waals surface area contributed by atoms with Crippen LogP contribution in [-0.4, -0.2) is 33.6 Å². The van der Waals surface area contributed by atoms with Crippen LogP contribution in [0.3, 0.4) is 0 Å². The highest BCUT2D eigenvalue weighted by molar-refractivity contribution is 6.58. The molecule has 2 N–H and O–H groups in total. The Morgan fingerprint density at radius 1 is 1.10 bits per heavy atom. The number of aromatic nitrogens is 2. The number of rotatable bonds is 5. The number of hydrogen-bond acceptors (Lipinski definition) is 4. The van der Waals surface area contributed by atoms with E-state index >= 15 is 0 Å². The molecule has 2 aromatic carbocycles. The van der Waals surface area contributed by atoms with Gasteiger partial charge in [0.1, 0.15) is 12.4 Å². The first-order valence-corrected chi connectivity index (χ1v) is 6.73. The summed E-state index contributed by atoms with van der Waals surface area (Å²) in [6.07, 6.45) is 1.83. The smallest absolute Gasteiger partial charge is 0.488 e. The van der Waals surface area contributed by atoms with Crippen LogP contribution in [0, 0.1) is 0 Å². The number of benzene rings is 2. The highest BCUT2D eigenvalue weighted by atomic mass is 16.5. The molecule has 3 rings (SSSR count). The quantitative estimate of drug-likeness (QED) is 0.679. The zero-order valence-corrected chi connectivity index (χ0v) is 11.4. The van der Waals surface area contributed by atoms with E-state index in [1.165, 1.54) is 0 Å². The molecule has 21 heavy (non-hydrogen) atoms. The Morgan fingerprint density at radius 2 is 1.95 bits per heavy atom. The molecule has 6 heteroatoms. The molecule has 5 nitrogen and oxygen atoms in total. The van der Waals surface area contributed by atoms with Gasteiger partial charge in [0.2, 0.25) is 0 Å². The fraction of sp³-hybridized carbons (Fsp3) is 0.133. The first kappa shape index (κ1) is 13.7. The maximum Gasteiger partial charge on any atom is 0.488 e. The van der Waals surface area contributed by atoms with Crippen molar-refractivity contribution >= 4 is 23.5 Å². The van der Waals surface area contributed by atoms with Crippen LogP contribution in [0.2, 0.25) is 0 Å². The van der Waals surface area contributed by atoms with Gasteiger partial charge in [-0.3, -0.25) is 4.68 Å². The number of nitrogens with zero attached hydrogens (tertiary/aromatic N) is 2. The summed E-state index contributed by atoms with van der Waals surface area (Å²) in [5.74, 6) is 0.608. The number of para-hydroxylation sites is 1. The summed E-state index contributed by atoms with van der Waals surface area (Å²) >= 11 is 0. The molecule has 0 saturated carbocycles. The van der Waals surface area contributed by atoms with E-state index in [0.29, 0.717) is 24.4 Å². The average Bonchev–Trinajstić information content (AvgIpc) is 2.91. The Bertz CT molecular complexity index is 742. The minimum Gasteiger partial charge on any atom is -0.492 e. The maximum atomic E-state index is 9.13. The van der Waals surface area contributed by atoms with Crippen molar-refractivity contribution < 1.29 is 14.8 Å². The SMILES string of the molecule is OB(O)c1cccc(OCCn2ncc3ccccc32)c1. The lowest BCUT2D eigenvalue weighted by Gasteiger charge is -2.08. The molecule has 0 atom stereocenters. The van der Waals surface area contributed by atoms with E-state index in [9.17, 15) is 0 Å². The van der Waals surface area contributed by atoms with Crippen molar-refractivity contribution in [3.05, 3.63) is 54.7 Å². The topological polar surface area (TPSA) is 67.5 Å². The molecular formula is C15H15BN2O3. The summed E-state index contributed by atoms with van der Waals surface area (Å²) in [5, 5.41) is 23.7. The van der Waals surface area contributed by atoms with E-state index in [2.05, 4.69) is 5.10 Å². The standard InChI is InChI=1S/C15H15BN2O3/c19-16(20)13-5-3-6-14(10-13)21-9-8-18-15-7-2-1-4-12(15)11-17-18/h1-7,10-11,19-20H,8-9H2. The van der Waals surface area contributed by atoms with Crippen LogP contribution in [0.1, 0.15) is 0 Å². The van der Waals surface area contributed by atoms with E-state index < -0.39 is 7.12 Å². The summed E-state index contributed by atoms with van der Waals surface area (Å²) in [6.45, 7) is 1.08. The number of hydrogen-bond donors (Lipinski definition) is 2. The molecule has 1 heterocycles. The number of fused-ring (bicyclic) bond motifs is 1. The molecule has 106 valence electrons. The monoisotopic (exact) mass is 282 g/mol. The van der Waals surface area contributed by atoms with Crippen LogP contribution in [0.4, 0.5) is 0 Å². The molecule has 0 amide bonds. The van der Waals surface area contributed by atoms with Crippen LogP contribution >= 0.6 is 0 Å². The molecule has 0 spiro atoms. The zero-order valence-electron chi connectivity index (χ0n) is 11.4. The highest BCUT2D eigenvalue weighted by Gasteiger charge is 2.11. The van der Waals surface area contributed by atoms with Crippen molar-refractivity contribution in [1.82, 2.24) is 9.78 Å². The summed E-state index contributed by atoms with van der Waals surface area (Å²) in [5.41, 5.74) is 1.48. The van der Waals surface area contributed by atoms with Gasteiger partial charge in [0.25, 0.3) is 0 Å². The van der Waals surface area contributed by atoms with Gasteiger partial charge in [0.15, 0.2) is 0 Å². The second-order valence-corrected chi connectivity index (χ2v) is 4.72. The van der Waals surface area contributed by atoms with E-state index in [1.807, 2.05) is 35.1 Å². The third-order valence-corrected chi connectivity index (χ3v) is 3.28. The lowest BCUT2D eigenvalue weighted by atomic mass is 9.80. The Balaban J connectivity index is 1.65. The highest BCUT2D eigenvalue weighted by Crippen LogP contribution is 2.13. The largest absolute Gasteiger partial charge is 0.492 e. The molecular weight excluding hydrogens is 267 g/mol. The fourth-order valence-electron chi connectivity index (χ4n) is 2.22. The Labute approximate surface area is 122 Å². The molecule has 0 aliphatic carbocycles. The Kier molecular flexibility index (Phi) is 3.90. The number of ether oxygens (including phenoxy) is 1. The minimum atomic E-state index is -1.48. The van der Waals surface area contributed by atoms with Gasteiger partial charge in [-0.05, 0) is 23.7 Å². The van der Waals surface area contributed by atoms with E-state index in [4.69, 9.17) is 14.8 Å². The van der Waals surface area contributed by atoms with Crippen molar-refractivity contribution in [2.45, 2.75) is 6.54 Å². The molecule has 1 aromatic heterocycles. The van der Waals surface area contributed by atoms with Gasteiger partial charge in [0.05, 0.1) is 18.3 Å². The van der Waals surface area contributed by atoms with Gasteiger partial charge >= 0.3 is 7.12 Å². The molecule has 0 saturated heterocycles. The predicted molar refractivity (Wildman–Crippen MR) is 81.5 cm³/mol. The van der Waals surface area contributed by atoms with Gasteiger partial charge < -0.3 is 14.8 Å². The lowest BCUT2D eigenvalue weighted by Crippen LogP contribution is -2.29. The molecule has 0 aliphatic heterocycles. The van der Waals surface area contributed by atoms with Crippen molar-refractivity contribution in [1.29, 1.82) is 0 Å². The van der Waals surface area contributed by atoms with E-state index in [0.717, 1.165) is 10.9 Å². The molecule has 3 aromatic rings. The van der Waals surface area contributed by atoms with Gasteiger partial charge in [-0.1, -0.05) is 30.3 Å². The summed E-state index contributed by atoms with van der Waals surface area (Å²) in [7, 11) is -1.48. The molecule has 0 aliphatic rings. The summed E-state index contributed by atoms with van der Waals surface area (Å²) < 4.78 is 7.52. The fourth-order valence-corrected chi connectivity index (χ4v) is 2.22. The summed E-state index contributed by atoms with van der Waals surface area (Å²) in [6, 6.07) is 14.8. The van der Waals surface area contributed by atoms with Crippen LogP contribution in [0.5, 0.6) is 5.75 Å². The third kappa shape index (κ3) is 3.07.